The molecule has 2 aromatic rings. The van der Waals surface area contributed by atoms with E-state index in [-0.39, 0.29) is 0 Å². The number of hydrogen-bond acceptors (Lipinski definition) is 4. The number of hydrogen-bond donors (Lipinski definition) is 2. The fourth-order valence-electron chi connectivity index (χ4n) is 3.35. The third-order valence-electron chi connectivity index (χ3n) is 4.60. The lowest BCUT2D eigenvalue weighted by atomic mass is 9.99. The summed E-state index contributed by atoms with van der Waals surface area (Å²) in [7, 11) is 1.58. The van der Waals surface area contributed by atoms with Gasteiger partial charge >= 0.3 is 0 Å². The molecule has 0 fully saturated rings. The molecule has 0 saturated carbocycles. The average molecular weight is 417 g/mol. The Balaban J connectivity index is 1.58. The van der Waals surface area contributed by atoms with Crippen LogP contribution in [0.2, 0.25) is 5.02 Å². The van der Waals surface area contributed by atoms with Crippen molar-refractivity contribution in [2.24, 2.45) is 5.10 Å². The van der Waals surface area contributed by atoms with Crippen LogP contribution in [0.3, 0.4) is 0 Å². The van der Waals surface area contributed by atoms with Crippen molar-refractivity contribution in [3.05, 3.63) is 52.5 Å². The third-order valence-corrected chi connectivity index (χ3v) is 5.09. The maximum atomic E-state index is 6.12. The molecule has 2 aromatic carbocycles. The van der Waals surface area contributed by atoms with E-state index in [1.165, 1.54) is 17.7 Å². The van der Waals surface area contributed by atoms with Crippen LogP contribution in [0.5, 0.6) is 5.75 Å². The van der Waals surface area contributed by atoms with Gasteiger partial charge in [0.15, 0.2) is 5.11 Å². The first-order valence-corrected chi connectivity index (χ1v) is 10.2. The molecule has 0 amide bonds. The molecule has 5 nitrogen and oxygen atoms in total. The van der Waals surface area contributed by atoms with Gasteiger partial charge in [-0.3, -0.25) is 5.43 Å². The highest BCUT2D eigenvalue weighted by molar-refractivity contribution is 7.80. The van der Waals surface area contributed by atoms with Crippen LogP contribution in [-0.4, -0.2) is 31.5 Å². The summed E-state index contributed by atoms with van der Waals surface area (Å²) in [4.78, 5) is 2.47. The van der Waals surface area contributed by atoms with E-state index >= 15 is 0 Å². The lowest BCUT2D eigenvalue weighted by molar-refractivity contribution is 0.415. The number of benzene rings is 2. The number of hydrazone groups is 1. The normalized spacial score (nSPS) is 13.3. The molecule has 7 heteroatoms. The van der Waals surface area contributed by atoms with Gasteiger partial charge in [0, 0.05) is 24.5 Å². The van der Waals surface area contributed by atoms with Gasteiger partial charge in [-0.1, -0.05) is 24.6 Å². The molecule has 2 N–H and O–H groups in total. The molecule has 0 unspecified atom stereocenters. The van der Waals surface area contributed by atoms with Gasteiger partial charge in [-0.25, -0.2) is 0 Å². The maximum Gasteiger partial charge on any atom is 0.191 e. The first-order valence-electron chi connectivity index (χ1n) is 9.42. The molecule has 0 spiro atoms. The average Bonchev–Trinajstić information content (AvgIpc) is 2.68. The van der Waals surface area contributed by atoms with E-state index in [1.54, 1.807) is 25.5 Å². The number of halogens is 1. The molecule has 1 aliphatic rings. The Morgan fingerprint density at radius 2 is 2.18 bits per heavy atom. The number of ether oxygens (including phenoxy) is 1. The van der Waals surface area contributed by atoms with Crippen LogP contribution in [0.4, 0.5) is 11.4 Å². The van der Waals surface area contributed by atoms with Crippen molar-refractivity contribution >= 4 is 46.5 Å². The Labute approximate surface area is 176 Å². The Bertz CT molecular complexity index is 871. The summed E-state index contributed by atoms with van der Waals surface area (Å²) in [5.41, 5.74) is 7.40. The van der Waals surface area contributed by atoms with Crippen molar-refractivity contribution in [3.8, 4) is 5.75 Å². The first-order chi connectivity index (χ1) is 13.6. The standard InChI is InChI=1S/C21H25ClN4OS/c1-3-10-26-11-4-5-16-12-15(6-8-19(16)26)14-23-25-21(28)24-17-7-9-20(27-2)18(22)13-17/h6-9,12-14H,3-5,10-11H2,1-2H3,(H2,24,25,28)/b23-14+. The minimum absolute atomic E-state index is 0.393. The maximum absolute atomic E-state index is 6.12. The summed E-state index contributed by atoms with van der Waals surface area (Å²) in [5.74, 6) is 0.619. The second-order valence-corrected chi connectivity index (χ2v) is 7.47. The summed E-state index contributed by atoms with van der Waals surface area (Å²) < 4.78 is 5.14. The molecule has 1 aliphatic heterocycles. The highest BCUT2D eigenvalue weighted by Gasteiger charge is 2.15. The van der Waals surface area contributed by atoms with E-state index in [9.17, 15) is 0 Å². The minimum atomic E-state index is 0.393. The van der Waals surface area contributed by atoms with E-state index in [0.29, 0.717) is 15.9 Å². The lowest BCUT2D eigenvalue weighted by Crippen LogP contribution is -2.30. The quantitative estimate of drug-likeness (QED) is 0.401. The molecule has 0 aliphatic carbocycles. The van der Waals surface area contributed by atoms with Crippen LogP contribution < -0.4 is 20.4 Å². The number of anilines is 2. The molecular formula is C21H25ClN4OS. The van der Waals surface area contributed by atoms with Gasteiger partial charge in [-0.15, -0.1) is 0 Å². The van der Waals surface area contributed by atoms with Gasteiger partial charge in [0.05, 0.1) is 18.3 Å². The molecular weight excluding hydrogens is 392 g/mol. The van der Waals surface area contributed by atoms with Crippen molar-refractivity contribution in [2.75, 3.05) is 30.4 Å². The largest absolute Gasteiger partial charge is 0.495 e. The molecule has 3 rings (SSSR count). The van der Waals surface area contributed by atoms with E-state index in [2.05, 4.69) is 45.9 Å². The second-order valence-electron chi connectivity index (χ2n) is 6.65. The van der Waals surface area contributed by atoms with Crippen molar-refractivity contribution in [1.82, 2.24) is 5.43 Å². The number of nitrogens with zero attached hydrogens (tertiary/aromatic N) is 2. The lowest BCUT2D eigenvalue weighted by Gasteiger charge is -2.31. The SMILES string of the molecule is CCCN1CCCc2cc(/C=N/NC(=S)Nc3ccc(OC)c(Cl)c3)ccc21. The summed E-state index contributed by atoms with van der Waals surface area (Å²) in [6.07, 6.45) is 5.26. The molecule has 0 bridgehead atoms. The van der Waals surface area contributed by atoms with E-state index in [1.807, 2.05) is 6.07 Å². The summed E-state index contributed by atoms with van der Waals surface area (Å²) in [6.45, 7) is 4.47. The molecule has 0 saturated heterocycles. The van der Waals surface area contributed by atoms with Crippen molar-refractivity contribution < 1.29 is 4.74 Å². The number of nitrogens with one attached hydrogen (secondary N) is 2. The van der Waals surface area contributed by atoms with Crippen LogP contribution >= 0.6 is 23.8 Å². The monoisotopic (exact) mass is 416 g/mol. The third kappa shape index (κ3) is 5.14. The number of fused-ring (bicyclic) bond motifs is 1. The summed E-state index contributed by atoms with van der Waals surface area (Å²) in [5, 5.41) is 8.21. The zero-order valence-corrected chi connectivity index (χ0v) is 17.7. The van der Waals surface area contributed by atoms with Gasteiger partial charge < -0.3 is 15.0 Å². The Morgan fingerprint density at radius 1 is 1.32 bits per heavy atom. The van der Waals surface area contributed by atoms with Gasteiger partial charge in [0.1, 0.15) is 5.75 Å². The predicted molar refractivity (Wildman–Crippen MR) is 122 cm³/mol. The molecule has 28 heavy (non-hydrogen) atoms. The summed E-state index contributed by atoms with van der Waals surface area (Å²) in [6, 6.07) is 11.9. The zero-order valence-electron chi connectivity index (χ0n) is 16.2. The van der Waals surface area contributed by atoms with Crippen LogP contribution in [0, 0.1) is 0 Å². The minimum Gasteiger partial charge on any atom is -0.495 e. The number of thiocarbonyl (C=S) groups is 1. The van der Waals surface area contributed by atoms with E-state index < -0.39 is 0 Å². The fourth-order valence-corrected chi connectivity index (χ4v) is 3.77. The number of aryl methyl sites for hydroxylation is 1. The fraction of sp³-hybridized carbons (Fsp3) is 0.333. The predicted octanol–water partition coefficient (Wildman–Crippen LogP) is 4.83. The molecule has 0 radical (unpaired) electrons. The first kappa shape index (κ1) is 20.4. The van der Waals surface area contributed by atoms with E-state index in [0.717, 1.165) is 37.2 Å². The van der Waals surface area contributed by atoms with Gasteiger partial charge in [-0.05, 0) is 72.9 Å². The van der Waals surface area contributed by atoms with Gasteiger partial charge in [0.25, 0.3) is 0 Å². The number of rotatable bonds is 6. The topological polar surface area (TPSA) is 48.9 Å². The van der Waals surface area contributed by atoms with Crippen LogP contribution in [0.25, 0.3) is 0 Å². The highest BCUT2D eigenvalue weighted by Crippen LogP contribution is 2.28. The van der Waals surface area contributed by atoms with Crippen LogP contribution in [0.15, 0.2) is 41.5 Å². The van der Waals surface area contributed by atoms with Crippen molar-refractivity contribution in [3.63, 3.8) is 0 Å². The van der Waals surface area contributed by atoms with Crippen molar-refractivity contribution in [2.45, 2.75) is 26.2 Å². The molecule has 1 heterocycles. The molecule has 0 aromatic heterocycles. The summed E-state index contributed by atoms with van der Waals surface area (Å²) >= 11 is 11.4. The van der Waals surface area contributed by atoms with Crippen LogP contribution in [0.1, 0.15) is 30.9 Å². The second kappa shape index (κ2) is 9.75. The Morgan fingerprint density at radius 3 is 2.93 bits per heavy atom. The van der Waals surface area contributed by atoms with Gasteiger partial charge in [-0.2, -0.15) is 5.10 Å². The molecule has 148 valence electrons. The van der Waals surface area contributed by atoms with Gasteiger partial charge in [0.2, 0.25) is 0 Å². The number of methoxy groups -OCH3 is 1. The van der Waals surface area contributed by atoms with E-state index in [4.69, 9.17) is 28.6 Å². The Hall–Kier alpha value is -2.31. The smallest absolute Gasteiger partial charge is 0.191 e. The highest BCUT2D eigenvalue weighted by atomic mass is 35.5. The Kier molecular flexibility index (Phi) is 7.12. The zero-order chi connectivity index (χ0) is 19.9. The van der Waals surface area contributed by atoms with Crippen LogP contribution in [-0.2, 0) is 6.42 Å². The molecule has 0 atom stereocenters. The van der Waals surface area contributed by atoms with Crippen molar-refractivity contribution in [1.29, 1.82) is 0 Å².